The molecule has 1 aliphatic rings. The summed E-state index contributed by atoms with van der Waals surface area (Å²) in [7, 11) is 0. The number of hydrogen-bond donors (Lipinski definition) is 2. The number of likely N-dealkylation sites (tertiary alicyclic amines) is 1. The van der Waals surface area contributed by atoms with Crippen molar-refractivity contribution in [1.82, 2.24) is 4.90 Å². The van der Waals surface area contributed by atoms with E-state index in [0.29, 0.717) is 13.1 Å². The van der Waals surface area contributed by atoms with Gasteiger partial charge in [0.05, 0.1) is 11.3 Å². The molecule has 0 unspecified atom stereocenters. The van der Waals surface area contributed by atoms with Crippen LogP contribution in [-0.2, 0) is 0 Å². The number of nitrogens with two attached hydrogens (primary N) is 1. The van der Waals surface area contributed by atoms with Crippen LogP contribution in [0.2, 0.25) is 0 Å². The zero-order valence-electron chi connectivity index (χ0n) is 10.7. The summed E-state index contributed by atoms with van der Waals surface area (Å²) in [4.78, 5) is 14.1. The van der Waals surface area contributed by atoms with Crippen LogP contribution in [0.5, 0.6) is 0 Å². The molecule has 1 heterocycles. The van der Waals surface area contributed by atoms with Crippen molar-refractivity contribution in [2.75, 3.05) is 18.5 Å². The van der Waals surface area contributed by atoms with E-state index in [1.807, 2.05) is 0 Å². The molecule has 5 heteroatoms. The minimum absolute atomic E-state index is 0.0622. The van der Waals surface area contributed by atoms with Crippen molar-refractivity contribution in [3.63, 3.8) is 0 Å². The Morgan fingerprint density at radius 2 is 2.22 bits per heavy atom. The van der Waals surface area contributed by atoms with Gasteiger partial charge in [0.2, 0.25) is 0 Å². The number of nitrogens with one attached hydrogen (secondary N) is 1. The molecule has 98 valence electrons. The van der Waals surface area contributed by atoms with Gasteiger partial charge in [0.15, 0.2) is 0 Å². The Labute approximate surface area is 106 Å². The molecule has 1 amide bonds. The first kappa shape index (κ1) is 12.8. The van der Waals surface area contributed by atoms with Gasteiger partial charge >= 0.3 is 0 Å². The van der Waals surface area contributed by atoms with E-state index in [1.165, 1.54) is 12.1 Å². The Bertz CT molecular complexity index is 473. The lowest BCUT2D eigenvalue weighted by atomic mass is 9.93. The monoisotopic (exact) mass is 251 g/mol. The molecule has 4 nitrogen and oxygen atoms in total. The quantitative estimate of drug-likeness (QED) is 0.624. The standard InChI is InChI=1S/C13H18FN3O/c1-13(2)6-7-17(8-13)12(18)9-4-3-5-10(14)11(9)16-15/h3-5,16H,6-8,15H2,1-2H3. The predicted octanol–water partition coefficient (Wildman–Crippen LogP) is 1.98. The fourth-order valence-corrected chi connectivity index (χ4v) is 2.31. The average molecular weight is 251 g/mol. The summed E-state index contributed by atoms with van der Waals surface area (Å²) in [6, 6.07) is 4.39. The number of hydrogen-bond acceptors (Lipinski definition) is 3. The van der Waals surface area contributed by atoms with Gasteiger partial charge in [-0.1, -0.05) is 19.9 Å². The number of carbonyl (C=O) groups is 1. The molecule has 1 saturated heterocycles. The molecule has 1 aromatic carbocycles. The molecule has 1 fully saturated rings. The van der Waals surface area contributed by atoms with Crippen LogP contribution in [0, 0.1) is 11.2 Å². The molecular weight excluding hydrogens is 233 g/mol. The van der Waals surface area contributed by atoms with Crippen LogP contribution in [0.4, 0.5) is 10.1 Å². The number of halogens is 1. The maximum Gasteiger partial charge on any atom is 0.256 e. The van der Waals surface area contributed by atoms with Crippen LogP contribution in [-0.4, -0.2) is 23.9 Å². The largest absolute Gasteiger partial charge is 0.338 e. The minimum Gasteiger partial charge on any atom is -0.338 e. The lowest BCUT2D eigenvalue weighted by molar-refractivity contribution is 0.0779. The van der Waals surface area contributed by atoms with Gasteiger partial charge in [-0.15, -0.1) is 0 Å². The van der Waals surface area contributed by atoms with Gasteiger partial charge in [-0.05, 0) is 24.0 Å². The Morgan fingerprint density at radius 1 is 1.50 bits per heavy atom. The highest BCUT2D eigenvalue weighted by molar-refractivity contribution is 5.99. The molecule has 0 aliphatic carbocycles. The molecule has 0 radical (unpaired) electrons. The molecule has 1 aliphatic heterocycles. The molecule has 0 saturated carbocycles. The van der Waals surface area contributed by atoms with Crippen molar-refractivity contribution in [2.24, 2.45) is 11.3 Å². The normalized spacial score (nSPS) is 17.9. The van der Waals surface area contributed by atoms with Crippen molar-refractivity contribution in [2.45, 2.75) is 20.3 Å². The van der Waals surface area contributed by atoms with Crippen molar-refractivity contribution in [3.8, 4) is 0 Å². The van der Waals surface area contributed by atoms with Gasteiger partial charge in [-0.3, -0.25) is 10.6 Å². The predicted molar refractivity (Wildman–Crippen MR) is 68.5 cm³/mol. The average Bonchev–Trinajstić information content (AvgIpc) is 2.68. The Kier molecular flexibility index (Phi) is 3.26. The van der Waals surface area contributed by atoms with Crippen molar-refractivity contribution >= 4 is 11.6 Å². The van der Waals surface area contributed by atoms with Gasteiger partial charge in [0.1, 0.15) is 5.82 Å². The van der Waals surface area contributed by atoms with Crippen LogP contribution < -0.4 is 11.3 Å². The first-order chi connectivity index (χ1) is 8.44. The zero-order chi connectivity index (χ0) is 13.3. The van der Waals surface area contributed by atoms with Crippen LogP contribution in [0.3, 0.4) is 0 Å². The summed E-state index contributed by atoms with van der Waals surface area (Å²) in [6.07, 6.45) is 0.958. The van der Waals surface area contributed by atoms with Gasteiger partial charge < -0.3 is 10.3 Å². The number of nitrogen functional groups attached to an aromatic ring is 1. The maximum absolute atomic E-state index is 13.5. The second-order valence-corrected chi connectivity index (χ2v) is 5.45. The molecule has 18 heavy (non-hydrogen) atoms. The highest BCUT2D eigenvalue weighted by atomic mass is 19.1. The highest BCUT2D eigenvalue weighted by Crippen LogP contribution is 2.31. The fourth-order valence-electron chi connectivity index (χ4n) is 2.31. The molecule has 0 spiro atoms. The first-order valence-electron chi connectivity index (χ1n) is 5.99. The van der Waals surface area contributed by atoms with Gasteiger partial charge in [-0.25, -0.2) is 4.39 Å². The summed E-state index contributed by atoms with van der Waals surface area (Å²) in [6.45, 7) is 5.63. The lowest BCUT2D eigenvalue weighted by Gasteiger charge is -2.21. The van der Waals surface area contributed by atoms with Gasteiger partial charge in [0, 0.05) is 13.1 Å². The van der Waals surface area contributed by atoms with Crippen molar-refractivity contribution in [3.05, 3.63) is 29.6 Å². The molecule has 3 N–H and O–H groups in total. The Hall–Kier alpha value is -1.62. The lowest BCUT2D eigenvalue weighted by Crippen LogP contribution is -2.31. The smallest absolute Gasteiger partial charge is 0.256 e. The van der Waals surface area contributed by atoms with Gasteiger partial charge in [-0.2, -0.15) is 0 Å². The molecule has 1 aromatic rings. The Balaban J connectivity index is 2.27. The zero-order valence-corrected chi connectivity index (χ0v) is 10.7. The van der Waals surface area contributed by atoms with E-state index in [0.717, 1.165) is 6.42 Å². The molecule has 0 atom stereocenters. The third-order valence-corrected chi connectivity index (χ3v) is 3.35. The summed E-state index contributed by atoms with van der Waals surface area (Å²) in [5, 5.41) is 0. The van der Waals surface area contributed by atoms with E-state index in [1.54, 1.807) is 11.0 Å². The first-order valence-corrected chi connectivity index (χ1v) is 5.99. The van der Waals surface area contributed by atoms with Crippen LogP contribution in [0.1, 0.15) is 30.6 Å². The number of rotatable bonds is 2. The SMILES string of the molecule is CC1(C)CCN(C(=O)c2cccc(F)c2NN)C1. The number of anilines is 1. The third kappa shape index (κ3) is 2.31. The van der Waals surface area contributed by atoms with E-state index >= 15 is 0 Å². The second kappa shape index (κ2) is 4.57. The summed E-state index contributed by atoms with van der Waals surface area (Å²) in [5.41, 5.74) is 2.74. The fraction of sp³-hybridized carbons (Fsp3) is 0.462. The number of para-hydroxylation sites is 1. The molecule has 0 aromatic heterocycles. The number of benzene rings is 1. The van der Waals surface area contributed by atoms with Crippen molar-refractivity contribution < 1.29 is 9.18 Å². The topological polar surface area (TPSA) is 58.4 Å². The number of amides is 1. The maximum atomic E-state index is 13.5. The van der Waals surface area contributed by atoms with E-state index in [2.05, 4.69) is 19.3 Å². The number of nitrogens with zero attached hydrogens (tertiary/aromatic N) is 1. The van der Waals surface area contributed by atoms with Crippen LogP contribution in [0.25, 0.3) is 0 Å². The van der Waals surface area contributed by atoms with E-state index in [9.17, 15) is 9.18 Å². The second-order valence-electron chi connectivity index (χ2n) is 5.45. The van der Waals surface area contributed by atoms with E-state index in [-0.39, 0.29) is 22.6 Å². The summed E-state index contributed by atoms with van der Waals surface area (Å²) >= 11 is 0. The van der Waals surface area contributed by atoms with E-state index in [4.69, 9.17) is 5.84 Å². The number of hydrazine groups is 1. The Morgan fingerprint density at radius 3 is 2.78 bits per heavy atom. The van der Waals surface area contributed by atoms with E-state index < -0.39 is 5.82 Å². The molecule has 0 bridgehead atoms. The highest BCUT2D eigenvalue weighted by Gasteiger charge is 2.33. The van der Waals surface area contributed by atoms with Crippen LogP contribution >= 0.6 is 0 Å². The third-order valence-electron chi connectivity index (χ3n) is 3.35. The van der Waals surface area contributed by atoms with Crippen LogP contribution in [0.15, 0.2) is 18.2 Å². The van der Waals surface area contributed by atoms with Gasteiger partial charge in [0.25, 0.3) is 5.91 Å². The minimum atomic E-state index is -0.512. The summed E-state index contributed by atoms with van der Waals surface area (Å²) in [5.74, 6) is 4.60. The molecule has 2 rings (SSSR count). The number of carbonyl (C=O) groups excluding carboxylic acids is 1. The molecular formula is C13H18FN3O. The van der Waals surface area contributed by atoms with Crippen molar-refractivity contribution in [1.29, 1.82) is 0 Å². The summed E-state index contributed by atoms with van der Waals surface area (Å²) < 4.78 is 13.5.